The molecule has 20 heavy (non-hydrogen) atoms. The molecule has 0 fully saturated rings. The normalized spacial score (nSPS) is 12.0. The minimum absolute atomic E-state index is 0.402. The van der Waals surface area contributed by atoms with E-state index >= 15 is 0 Å². The maximum absolute atomic E-state index is 11.6. The highest BCUT2D eigenvalue weighted by molar-refractivity contribution is 7.17. The van der Waals surface area contributed by atoms with Gasteiger partial charge in [-0.15, -0.1) is 11.3 Å². The third-order valence-corrected chi connectivity index (χ3v) is 3.93. The summed E-state index contributed by atoms with van der Waals surface area (Å²) in [6.07, 6.45) is 0.663. The van der Waals surface area contributed by atoms with Gasteiger partial charge in [-0.25, -0.2) is 0 Å². The first-order valence-electron chi connectivity index (χ1n) is 6.23. The summed E-state index contributed by atoms with van der Waals surface area (Å²) in [5, 5.41) is 9.58. The molecule has 1 heterocycles. The van der Waals surface area contributed by atoms with Gasteiger partial charge in [-0.2, -0.15) is 0 Å². The molecule has 6 nitrogen and oxygen atoms in total. The van der Waals surface area contributed by atoms with E-state index < -0.39 is 11.9 Å². The maximum Gasteiger partial charge on any atom is 0.239 e. The summed E-state index contributed by atoms with van der Waals surface area (Å²) in [7, 11) is 0. The lowest BCUT2D eigenvalue weighted by Gasteiger charge is -2.14. The van der Waals surface area contributed by atoms with Gasteiger partial charge in [-0.05, 0) is 40.9 Å². The molecule has 104 valence electrons. The Hall–Kier alpha value is -2.08. The van der Waals surface area contributed by atoms with Gasteiger partial charge in [0.15, 0.2) is 0 Å². The molecule has 2 rings (SSSR count). The Morgan fingerprint density at radius 2 is 2.30 bits per heavy atom. The van der Waals surface area contributed by atoms with Crippen LogP contribution in [0, 0.1) is 0 Å². The number of nitrogens with one attached hydrogen (secondary N) is 1. The van der Waals surface area contributed by atoms with Gasteiger partial charge < -0.3 is 11.1 Å². The number of nitrogens with two attached hydrogens (primary N) is 1. The van der Waals surface area contributed by atoms with Crippen molar-refractivity contribution in [2.75, 3.05) is 13.1 Å². The van der Waals surface area contributed by atoms with Crippen LogP contribution in [0.2, 0.25) is 0 Å². The lowest BCUT2D eigenvalue weighted by molar-refractivity contribution is -0.120. The molecule has 1 aromatic heterocycles. The van der Waals surface area contributed by atoms with E-state index in [-0.39, 0.29) is 0 Å². The Kier molecular flexibility index (Phi) is 4.95. The Bertz CT molecular complexity index is 647. The van der Waals surface area contributed by atoms with E-state index in [1.807, 2.05) is 29.6 Å². The zero-order valence-electron chi connectivity index (χ0n) is 10.8. The molecule has 0 saturated heterocycles. The van der Waals surface area contributed by atoms with Crippen molar-refractivity contribution < 1.29 is 4.79 Å². The molecule has 2 aromatic rings. The molecule has 0 aliphatic rings. The van der Waals surface area contributed by atoms with Crippen LogP contribution >= 0.6 is 11.3 Å². The van der Waals surface area contributed by atoms with Crippen molar-refractivity contribution in [2.24, 2.45) is 10.8 Å². The third kappa shape index (κ3) is 3.27. The number of hydrogen-bond donors (Lipinski definition) is 2. The number of nitrogens with zero attached hydrogens (tertiary/aromatic N) is 3. The van der Waals surface area contributed by atoms with Crippen molar-refractivity contribution in [1.82, 2.24) is 5.32 Å². The van der Waals surface area contributed by atoms with Gasteiger partial charge in [0.1, 0.15) is 6.04 Å². The van der Waals surface area contributed by atoms with Crippen LogP contribution in [0.1, 0.15) is 18.0 Å². The van der Waals surface area contributed by atoms with Crippen LogP contribution in [-0.4, -0.2) is 19.0 Å². The van der Waals surface area contributed by atoms with Gasteiger partial charge in [0.05, 0.1) is 0 Å². The minimum Gasteiger partial charge on any atom is -0.368 e. The van der Waals surface area contributed by atoms with Gasteiger partial charge in [0, 0.05) is 16.2 Å². The Morgan fingerprint density at radius 1 is 1.50 bits per heavy atom. The van der Waals surface area contributed by atoms with E-state index in [1.165, 1.54) is 0 Å². The summed E-state index contributed by atoms with van der Waals surface area (Å²) in [5.41, 5.74) is 14.6. The van der Waals surface area contributed by atoms with E-state index in [0.29, 0.717) is 19.5 Å². The van der Waals surface area contributed by atoms with E-state index in [0.717, 1.165) is 15.6 Å². The lowest BCUT2D eigenvalue weighted by atomic mass is 10.1. The van der Waals surface area contributed by atoms with Crippen molar-refractivity contribution in [3.63, 3.8) is 0 Å². The fraction of sp³-hybridized carbons (Fsp3) is 0.308. The maximum atomic E-state index is 11.6. The first kappa shape index (κ1) is 14.3. The predicted molar refractivity (Wildman–Crippen MR) is 80.4 cm³/mol. The summed E-state index contributed by atoms with van der Waals surface area (Å²) in [6, 6.07) is 7.40. The second-order valence-electron chi connectivity index (χ2n) is 4.28. The van der Waals surface area contributed by atoms with Crippen LogP contribution in [0.5, 0.6) is 0 Å². The van der Waals surface area contributed by atoms with Crippen molar-refractivity contribution in [1.29, 1.82) is 0 Å². The van der Waals surface area contributed by atoms with Crippen molar-refractivity contribution in [3.8, 4) is 0 Å². The lowest BCUT2D eigenvalue weighted by Crippen LogP contribution is -2.34. The number of primary amides is 1. The highest BCUT2D eigenvalue weighted by Gasteiger charge is 2.20. The smallest absolute Gasteiger partial charge is 0.239 e. The van der Waals surface area contributed by atoms with Crippen LogP contribution in [0.15, 0.2) is 34.8 Å². The average Bonchev–Trinajstić information content (AvgIpc) is 2.86. The third-order valence-electron chi connectivity index (χ3n) is 2.95. The van der Waals surface area contributed by atoms with Gasteiger partial charge in [0.25, 0.3) is 0 Å². The number of fused-ring (bicyclic) bond motifs is 1. The molecule has 0 saturated carbocycles. The molecule has 0 bridgehead atoms. The summed E-state index contributed by atoms with van der Waals surface area (Å²) in [6.45, 7) is 0.968. The minimum atomic E-state index is -0.516. The topological polar surface area (TPSA) is 104 Å². The SMILES string of the molecule is [N-]=[N+]=NCCCNC(C(N)=O)c1csc2ccccc12. The Balaban J connectivity index is 2.12. The fourth-order valence-corrected chi connectivity index (χ4v) is 3.01. The number of hydrogen-bond acceptors (Lipinski definition) is 4. The zero-order valence-corrected chi connectivity index (χ0v) is 11.6. The van der Waals surface area contributed by atoms with E-state index in [1.54, 1.807) is 11.3 Å². The summed E-state index contributed by atoms with van der Waals surface area (Å²) < 4.78 is 1.13. The van der Waals surface area contributed by atoms with E-state index in [2.05, 4.69) is 15.3 Å². The molecule has 7 heteroatoms. The highest BCUT2D eigenvalue weighted by atomic mass is 32.1. The number of thiophene rings is 1. The van der Waals surface area contributed by atoms with Crippen LogP contribution < -0.4 is 11.1 Å². The molecule has 1 atom stereocenters. The summed E-state index contributed by atoms with van der Waals surface area (Å²) >= 11 is 1.59. The van der Waals surface area contributed by atoms with Crippen molar-refractivity contribution >= 4 is 27.3 Å². The highest BCUT2D eigenvalue weighted by Crippen LogP contribution is 2.30. The molecule has 1 aromatic carbocycles. The van der Waals surface area contributed by atoms with Gasteiger partial charge >= 0.3 is 0 Å². The molecule has 0 aliphatic carbocycles. The fourth-order valence-electron chi connectivity index (χ4n) is 2.03. The van der Waals surface area contributed by atoms with Crippen molar-refractivity contribution in [2.45, 2.75) is 12.5 Å². The molecule has 1 amide bonds. The number of rotatable bonds is 7. The molecule has 0 aliphatic heterocycles. The number of amides is 1. The van der Waals surface area contributed by atoms with E-state index in [9.17, 15) is 4.79 Å². The first-order valence-corrected chi connectivity index (χ1v) is 7.11. The Labute approximate surface area is 120 Å². The van der Waals surface area contributed by atoms with Crippen LogP contribution in [0.25, 0.3) is 20.5 Å². The number of benzene rings is 1. The molecule has 0 spiro atoms. The molecular weight excluding hydrogens is 274 g/mol. The van der Waals surface area contributed by atoms with Crippen LogP contribution in [0.4, 0.5) is 0 Å². The predicted octanol–water partition coefficient (Wildman–Crippen LogP) is 2.72. The number of carbonyl (C=O) groups is 1. The second kappa shape index (κ2) is 6.91. The Morgan fingerprint density at radius 3 is 3.05 bits per heavy atom. The number of azide groups is 1. The standard InChI is InChI=1S/C13H15N5OS/c14-13(19)12(16-6-3-7-17-18-15)10-8-20-11-5-2-1-4-9(10)11/h1-2,4-5,8,12,16H,3,6-7H2,(H2,14,19). The monoisotopic (exact) mass is 289 g/mol. The van der Waals surface area contributed by atoms with Crippen LogP contribution in [0.3, 0.4) is 0 Å². The first-order chi connectivity index (χ1) is 9.74. The van der Waals surface area contributed by atoms with Crippen LogP contribution in [-0.2, 0) is 4.79 Å². The average molecular weight is 289 g/mol. The molecule has 3 N–H and O–H groups in total. The van der Waals surface area contributed by atoms with Gasteiger partial charge in [-0.1, -0.05) is 23.3 Å². The zero-order chi connectivity index (χ0) is 14.4. The van der Waals surface area contributed by atoms with E-state index in [4.69, 9.17) is 11.3 Å². The number of carbonyl (C=O) groups excluding carboxylic acids is 1. The quantitative estimate of drug-likeness (QED) is 0.354. The van der Waals surface area contributed by atoms with Gasteiger partial charge in [0.2, 0.25) is 5.91 Å². The van der Waals surface area contributed by atoms with Gasteiger partial charge in [-0.3, -0.25) is 4.79 Å². The molecular formula is C13H15N5OS. The molecule has 1 unspecified atom stereocenters. The summed E-state index contributed by atoms with van der Waals surface area (Å²) in [5.74, 6) is -0.405. The molecule has 0 radical (unpaired) electrons. The van der Waals surface area contributed by atoms with Crippen molar-refractivity contribution in [3.05, 3.63) is 45.7 Å². The largest absolute Gasteiger partial charge is 0.368 e. The summed E-state index contributed by atoms with van der Waals surface area (Å²) in [4.78, 5) is 14.3. The second-order valence-corrected chi connectivity index (χ2v) is 5.20.